The number of rotatable bonds is 4. The van der Waals surface area contributed by atoms with Gasteiger partial charge in [0.05, 0.1) is 11.2 Å². The summed E-state index contributed by atoms with van der Waals surface area (Å²) in [5.74, 6) is -0.717. The van der Waals surface area contributed by atoms with Gasteiger partial charge in [-0.1, -0.05) is 84.3 Å². The molecule has 5 rings (SSSR count). The normalized spacial score (nSPS) is 11.7. The third kappa shape index (κ3) is 4.40. The number of carbonyl (C=O) groups excluding carboxylic acids is 1. The van der Waals surface area contributed by atoms with Gasteiger partial charge < -0.3 is 9.88 Å². The van der Waals surface area contributed by atoms with Crippen molar-refractivity contribution in [3.8, 4) is 22.5 Å². The fourth-order valence-electron chi connectivity index (χ4n) is 4.37. The minimum absolute atomic E-state index is 0.0750. The number of H-pyrrole nitrogens is 1. The Morgan fingerprint density at radius 2 is 1.78 bits per heavy atom. The zero-order chi connectivity index (χ0) is 25.6. The number of aromatic amines is 1. The van der Waals surface area contributed by atoms with Gasteiger partial charge in [-0.15, -0.1) is 0 Å². The van der Waals surface area contributed by atoms with Gasteiger partial charge in [0.25, 0.3) is 5.91 Å². The van der Waals surface area contributed by atoms with Crippen LogP contribution < -0.4 is 11.1 Å². The maximum atomic E-state index is 13.4. The monoisotopic (exact) mass is 544 g/mol. The predicted octanol–water partition coefficient (Wildman–Crippen LogP) is 6.50. The number of hydrogen-bond donors (Lipinski definition) is 2. The summed E-state index contributed by atoms with van der Waals surface area (Å²) in [4.78, 5) is 27.4. The second-order valence-electron chi connectivity index (χ2n) is 9.75. The second kappa shape index (κ2) is 8.95. The highest BCUT2D eigenvalue weighted by molar-refractivity contribution is 9.10. The van der Waals surface area contributed by atoms with Gasteiger partial charge in [-0.3, -0.25) is 14.3 Å². The van der Waals surface area contributed by atoms with E-state index in [0.29, 0.717) is 16.9 Å². The Morgan fingerprint density at radius 1 is 1.03 bits per heavy atom. The average Bonchev–Trinajstić information content (AvgIpc) is 3.43. The molecule has 0 aliphatic rings. The molecule has 0 atom stereocenters. The van der Waals surface area contributed by atoms with Crippen LogP contribution in [-0.2, 0) is 12.5 Å². The predicted molar refractivity (Wildman–Crippen MR) is 145 cm³/mol. The molecule has 0 fully saturated rings. The molecule has 8 heteroatoms. The number of amides is 1. The lowest BCUT2D eigenvalue weighted by molar-refractivity contribution is 0.102. The van der Waals surface area contributed by atoms with Crippen LogP contribution in [0.3, 0.4) is 0 Å². The number of carbonyl (C=O) groups is 1. The summed E-state index contributed by atoms with van der Waals surface area (Å²) in [6.45, 7) is 6.59. The van der Waals surface area contributed by atoms with Crippen LogP contribution >= 0.6 is 15.9 Å². The van der Waals surface area contributed by atoms with Crippen LogP contribution in [0.15, 0.2) is 80.5 Å². The first kappa shape index (κ1) is 23.8. The van der Waals surface area contributed by atoms with E-state index in [2.05, 4.69) is 87.0 Å². The van der Waals surface area contributed by atoms with Gasteiger partial charge in [0.1, 0.15) is 5.69 Å². The SMILES string of the molecule is Cn1c(C(=O)Nc2ccc(Br)cc2-c2noc(=O)[nH]2)cc2cccc(-c3ccc(C(C)(C)C)cc3)c21. The van der Waals surface area contributed by atoms with E-state index in [1.807, 2.05) is 29.8 Å². The number of para-hydroxylation sites is 1. The third-order valence-electron chi connectivity index (χ3n) is 6.28. The van der Waals surface area contributed by atoms with E-state index in [1.165, 1.54) is 5.56 Å². The fourth-order valence-corrected chi connectivity index (χ4v) is 4.73. The van der Waals surface area contributed by atoms with Crippen molar-refractivity contribution < 1.29 is 9.32 Å². The number of aryl methyl sites for hydroxylation is 1. The molecule has 0 radical (unpaired) electrons. The molecule has 0 spiro atoms. The number of nitrogens with one attached hydrogen (secondary N) is 2. The van der Waals surface area contributed by atoms with Crippen molar-refractivity contribution in [2.24, 2.45) is 7.05 Å². The molecule has 0 aliphatic carbocycles. The van der Waals surface area contributed by atoms with Crippen LogP contribution in [0, 0.1) is 0 Å². The standard InChI is InChI=1S/C28H25BrN4O3/c1-28(2,3)18-10-8-16(9-11-18)20-7-5-6-17-14-23(33(4)24(17)20)26(34)30-22-13-12-19(29)15-21(22)25-31-27(35)36-32-25/h5-15H,1-4H3,(H,30,34)(H,31,32,35). The minimum Gasteiger partial charge on any atom is -0.339 e. The van der Waals surface area contributed by atoms with Gasteiger partial charge in [0, 0.05) is 28.0 Å². The van der Waals surface area contributed by atoms with E-state index >= 15 is 0 Å². The van der Waals surface area contributed by atoms with Crippen LogP contribution in [0.5, 0.6) is 0 Å². The molecule has 5 aromatic rings. The minimum atomic E-state index is -0.668. The molecule has 2 N–H and O–H groups in total. The number of benzene rings is 3. The summed E-state index contributed by atoms with van der Waals surface area (Å²) in [5, 5.41) is 7.70. The van der Waals surface area contributed by atoms with Crippen LogP contribution in [0.25, 0.3) is 33.4 Å². The zero-order valence-electron chi connectivity index (χ0n) is 20.3. The molecule has 3 aromatic carbocycles. The Bertz CT molecular complexity index is 1650. The summed E-state index contributed by atoms with van der Waals surface area (Å²) in [6.07, 6.45) is 0. The van der Waals surface area contributed by atoms with Crippen molar-refractivity contribution in [1.82, 2.24) is 14.7 Å². The summed E-state index contributed by atoms with van der Waals surface area (Å²) >= 11 is 3.42. The highest BCUT2D eigenvalue weighted by Crippen LogP contribution is 2.33. The van der Waals surface area contributed by atoms with Crippen molar-refractivity contribution >= 4 is 38.4 Å². The van der Waals surface area contributed by atoms with Gasteiger partial charge in [0.15, 0.2) is 5.82 Å². The Balaban J connectivity index is 1.53. The van der Waals surface area contributed by atoms with E-state index in [4.69, 9.17) is 0 Å². The molecule has 2 heterocycles. The smallest absolute Gasteiger partial charge is 0.339 e. The first-order chi connectivity index (χ1) is 17.1. The molecule has 0 unspecified atom stereocenters. The summed E-state index contributed by atoms with van der Waals surface area (Å²) in [7, 11) is 1.89. The van der Waals surface area contributed by atoms with Crippen LogP contribution in [0.2, 0.25) is 0 Å². The molecule has 182 valence electrons. The topological polar surface area (TPSA) is 92.9 Å². The Kier molecular flexibility index (Phi) is 5.92. The maximum absolute atomic E-state index is 13.4. The fraction of sp³-hybridized carbons (Fsp3) is 0.179. The van der Waals surface area contributed by atoms with Gasteiger partial charge in [-0.05, 0) is 40.8 Å². The average molecular weight is 545 g/mol. The molecule has 7 nitrogen and oxygen atoms in total. The van der Waals surface area contributed by atoms with Crippen molar-refractivity contribution in [2.45, 2.75) is 26.2 Å². The molecule has 0 bridgehead atoms. The van der Waals surface area contributed by atoms with Gasteiger partial charge in [0.2, 0.25) is 0 Å². The Morgan fingerprint density at radius 3 is 2.44 bits per heavy atom. The second-order valence-corrected chi connectivity index (χ2v) is 10.7. The van der Waals surface area contributed by atoms with Gasteiger partial charge >= 0.3 is 5.76 Å². The molecule has 36 heavy (non-hydrogen) atoms. The molecule has 0 aliphatic heterocycles. The lowest BCUT2D eigenvalue weighted by atomic mass is 9.86. The number of nitrogens with zero attached hydrogens (tertiary/aromatic N) is 2. The molecular weight excluding hydrogens is 520 g/mol. The van der Waals surface area contributed by atoms with Crippen LogP contribution in [0.1, 0.15) is 36.8 Å². The number of aromatic nitrogens is 3. The first-order valence-corrected chi connectivity index (χ1v) is 12.3. The Labute approximate surface area is 216 Å². The van der Waals surface area contributed by atoms with E-state index in [9.17, 15) is 9.59 Å². The van der Waals surface area contributed by atoms with Crippen molar-refractivity contribution in [1.29, 1.82) is 0 Å². The van der Waals surface area contributed by atoms with E-state index in [1.54, 1.807) is 18.2 Å². The van der Waals surface area contributed by atoms with Gasteiger partial charge in [-0.2, -0.15) is 0 Å². The van der Waals surface area contributed by atoms with Crippen molar-refractivity contribution in [3.63, 3.8) is 0 Å². The quantitative estimate of drug-likeness (QED) is 0.270. The number of halogens is 1. The van der Waals surface area contributed by atoms with Crippen molar-refractivity contribution in [2.75, 3.05) is 5.32 Å². The maximum Gasteiger partial charge on any atom is 0.439 e. The molecule has 2 aromatic heterocycles. The molecule has 1 amide bonds. The molecular formula is C28H25BrN4O3. The summed E-state index contributed by atoms with van der Waals surface area (Å²) in [5.41, 5.74) is 5.99. The highest BCUT2D eigenvalue weighted by Gasteiger charge is 2.20. The van der Waals surface area contributed by atoms with Gasteiger partial charge in [-0.25, -0.2) is 4.79 Å². The summed E-state index contributed by atoms with van der Waals surface area (Å²) < 4.78 is 7.33. The summed E-state index contributed by atoms with van der Waals surface area (Å²) in [6, 6.07) is 21.9. The van der Waals surface area contributed by atoms with Crippen LogP contribution in [0.4, 0.5) is 5.69 Å². The lowest BCUT2D eigenvalue weighted by Crippen LogP contribution is -2.16. The lowest BCUT2D eigenvalue weighted by Gasteiger charge is -2.19. The Hall–Kier alpha value is -3.91. The van der Waals surface area contributed by atoms with E-state index in [0.717, 1.165) is 26.5 Å². The first-order valence-electron chi connectivity index (χ1n) is 11.5. The largest absolute Gasteiger partial charge is 0.439 e. The van der Waals surface area contributed by atoms with Crippen molar-refractivity contribution in [3.05, 3.63) is 93.0 Å². The number of hydrogen-bond acceptors (Lipinski definition) is 4. The molecule has 0 saturated carbocycles. The van der Waals surface area contributed by atoms with E-state index < -0.39 is 5.76 Å². The molecule has 0 saturated heterocycles. The van der Waals surface area contributed by atoms with E-state index in [-0.39, 0.29) is 17.1 Å². The zero-order valence-corrected chi connectivity index (χ0v) is 21.9. The van der Waals surface area contributed by atoms with Crippen LogP contribution in [-0.4, -0.2) is 20.6 Å². The highest BCUT2D eigenvalue weighted by atomic mass is 79.9. The third-order valence-corrected chi connectivity index (χ3v) is 6.77. The number of fused-ring (bicyclic) bond motifs is 1. The number of anilines is 1.